The molecule has 6 heteroatoms. The summed E-state index contributed by atoms with van der Waals surface area (Å²) < 4.78 is 5.50. The van der Waals surface area contributed by atoms with Crippen LogP contribution in [0, 0.1) is 0 Å². The van der Waals surface area contributed by atoms with Crippen molar-refractivity contribution < 1.29 is 4.74 Å². The predicted octanol–water partition coefficient (Wildman–Crippen LogP) is 2.53. The van der Waals surface area contributed by atoms with Gasteiger partial charge in [0, 0.05) is 70.8 Å². The van der Waals surface area contributed by atoms with Crippen molar-refractivity contribution in [3.63, 3.8) is 0 Å². The van der Waals surface area contributed by atoms with Gasteiger partial charge in [0.2, 0.25) is 0 Å². The molecule has 0 unspecified atom stereocenters. The van der Waals surface area contributed by atoms with E-state index in [0.717, 1.165) is 65.3 Å². The van der Waals surface area contributed by atoms with Crippen molar-refractivity contribution in [2.24, 2.45) is 0 Å². The van der Waals surface area contributed by atoms with Crippen LogP contribution >= 0.6 is 0 Å². The Bertz CT molecular complexity index is 898. The number of nitrogens with one attached hydrogen (secondary N) is 2. The van der Waals surface area contributed by atoms with Crippen LogP contribution in [0.3, 0.4) is 0 Å². The van der Waals surface area contributed by atoms with Crippen LogP contribution in [0.25, 0.3) is 0 Å². The summed E-state index contributed by atoms with van der Waals surface area (Å²) in [5, 5.41) is 7.33. The molecule has 3 heterocycles. The van der Waals surface area contributed by atoms with Crippen molar-refractivity contribution in [1.82, 2.24) is 20.5 Å². The quantitative estimate of drug-likeness (QED) is 0.697. The van der Waals surface area contributed by atoms with E-state index in [2.05, 4.69) is 50.8 Å². The number of pyridine rings is 1. The normalized spacial score (nSPS) is 23.1. The molecular formula is C26H37N5O. The summed E-state index contributed by atoms with van der Waals surface area (Å²) in [5.74, 6) is 0. The second kappa shape index (κ2) is 10.3. The third-order valence-electron chi connectivity index (χ3n) is 7.38. The molecule has 0 saturated carbocycles. The van der Waals surface area contributed by atoms with E-state index in [9.17, 15) is 0 Å². The van der Waals surface area contributed by atoms with Crippen LogP contribution in [0.1, 0.15) is 41.3 Å². The molecule has 5 rings (SSSR count). The summed E-state index contributed by atoms with van der Waals surface area (Å²) in [6.45, 7) is 8.03. The van der Waals surface area contributed by atoms with E-state index in [-0.39, 0.29) is 0 Å². The average molecular weight is 436 g/mol. The van der Waals surface area contributed by atoms with E-state index in [1.807, 2.05) is 6.20 Å². The first-order valence-corrected chi connectivity index (χ1v) is 12.3. The highest BCUT2D eigenvalue weighted by atomic mass is 16.5. The summed E-state index contributed by atoms with van der Waals surface area (Å²) in [5.41, 5.74) is 7.17. The lowest BCUT2D eigenvalue weighted by molar-refractivity contribution is 0.0996. The summed E-state index contributed by atoms with van der Waals surface area (Å²) in [4.78, 5) is 10.0. The molecule has 3 aliphatic rings. The highest BCUT2D eigenvalue weighted by Gasteiger charge is 2.30. The van der Waals surface area contributed by atoms with Crippen LogP contribution in [-0.2, 0) is 24.1 Å². The molecule has 0 amide bonds. The second-order valence-electron chi connectivity index (χ2n) is 9.38. The molecule has 0 bridgehead atoms. The molecule has 32 heavy (non-hydrogen) atoms. The number of piperazine rings is 1. The highest BCUT2D eigenvalue weighted by molar-refractivity contribution is 5.58. The van der Waals surface area contributed by atoms with Gasteiger partial charge < -0.3 is 20.3 Å². The average Bonchev–Trinajstić information content (AvgIpc) is 2.86. The van der Waals surface area contributed by atoms with Crippen LogP contribution in [0.5, 0.6) is 0 Å². The number of hydrogen-bond acceptors (Lipinski definition) is 6. The summed E-state index contributed by atoms with van der Waals surface area (Å²) >= 11 is 0. The van der Waals surface area contributed by atoms with Crippen molar-refractivity contribution in [3.8, 4) is 0 Å². The van der Waals surface area contributed by atoms with Crippen LogP contribution in [-0.4, -0.2) is 68.9 Å². The third kappa shape index (κ3) is 4.69. The number of aromatic nitrogens is 1. The zero-order chi connectivity index (χ0) is 21.8. The van der Waals surface area contributed by atoms with E-state index >= 15 is 0 Å². The molecule has 6 nitrogen and oxygen atoms in total. The number of methoxy groups -OCH3 is 1. The number of ether oxygens (including phenoxy) is 1. The largest absolute Gasteiger partial charge is 0.383 e. The predicted molar refractivity (Wildman–Crippen MR) is 129 cm³/mol. The molecule has 172 valence electrons. The van der Waals surface area contributed by atoms with Crippen molar-refractivity contribution in [1.29, 1.82) is 0 Å². The van der Waals surface area contributed by atoms with E-state index in [0.29, 0.717) is 12.1 Å². The van der Waals surface area contributed by atoms with Gasteiger partial charge in [-0.05, 0) is 54.5 Å². The Balaban J connectivity index is 1.35. The van der Waals surface area contributed by atoms with Gasteiger partial charge in [0.15, 0.2) is 0 Å². The monoisotopic (exact) mass is 435 g/mol. The molecule has 0 spiro atoms. The summed E-state index contributed by atoms with van der Waals surface area (Å²) in [6, 6.07) is 12.0. The fourth-order valence-electron chi connectivity index (χ4n) is 5.73. The molecule has 0 radical (unpaired) electrons. The molecule has 1 aromatic heterocycles. The Morgan fingerprint density at radius 1 is 1.16 bits per heavy atom. The first-order chi connectivity index (χ1) is 15.8. The van der Waals surface area contributed by atoms with Crippen molar-refractivity contribution in [2.75, 3.05) is 57.9 Å². The second-order valence-corrected chi connectivity index (χ2v) is 9.38. The van der Waals surface area contributed by atoms with E-state index in [1.165, 1.54) is 35.3 Å². The number of nitrogens with zero attached hydrogens (tertiary/aromatic N) is 3. The molecule has 1 saturated heterocycles. The Hall–Kier alpha value is -1.99. The molecular weight excluding hydrogens is 398 g/mol. The molecule has 1 fully saturated rings. The summed E-state index contributed by atoms with van der Waals surface area (Å²) in [6.07, 6.45) is 6.62. The first-order valence-electron chi connectivity index (χ1n) is 12.3. The Morgan fingerprint density at radius 2 is 2.03 bits per heavy atom. The maximum atomic E-state index is 5.50. The number of aryl methyl sites for hydroxylation is 1. The maximum Gasteiger partial charge on any atom is 0.0607 e. The van der Waals surface area contributed by atoms with Gasteiger partial charge in [-0.1, -0.05) is 18.2 Å². The van der Waals surface area contributed by atoms with Gasteiger partial charge in [0.1, 0.15) is 0 Å². The van der Waals surface area contributed by atoms with Crippen LogP contribution < -0.4 is 15.5 Å². The molecule has 1 aliphatic carbocycles. The zero-order valence-corrected chi connectivity index (χ0v) is 19.4. The van der Waals surface area contributed by atoms with Gasteiger partial charge in [-0.15, -0.1) is 0 Å². The van der Waals surface area contributed by atoms with Crippen LogP contribution in [0.2, 0.25) is 0 Å². The van der Waals surface area contributed by atoms with E-state index < -0.39 is 0 Å². The molecule has 2 aliphatic heterocycles. The number of fused-ring (bicyclic) bond motifs is 2. The minimum atomic E-state index is 0.390. The summed E-state index contributed by atoms with van der Waals surface area (Å²) in [7, 11) is 1.81. The van der Waals surface area contributed by atoms with Crippen molar-refractivity contribution in [2.45, 2.75) is 44.3 Å². The van der Waals surface area contributed by atoms with Gasteiger partial charge in [0.05, 0.1) is 18.3 Å². The van der Waals surface area contributed by atoms with E-state index in [1.54, 1.807) is 12.7 Å². The van der Waals surface area contributed by atoms with Crippen molar-refractivity contribution in [3.05, 3.63) is 58.9 Å². The van der Waals surface area contributed by atoms with E-state index in [4.69, 9.17) is 9.72 Å². The fourth-order valence-corrected chi connectivity index (χ4v) is 5.73. The lowest BCUT2D eigenvalue weighted by Crippen LogP contribution is -2.48. The number of hydrogen-bond donors (Lipinski definition) is 2. The Labute approximate surface area is 192 Å². The SMILES string of the molecule is COCCN(C[C@H]1Cc2c(cccc2N2CCNCC2)CN1)[C@H]1CCCc2cccnc21. The highest BCUT2D eigenvalue weighted by Crippen LogP contribution is 2.34. The number of anilines is 1. The minimum Gasteiger partial charge on any atom is -0.383 e. The molecule has 1 aromatic carbocycles. The maximum absolute atomic E-state index is 5.50. The van der Waals surface area contributed by atoms with Gasteiger partial charge in [-0.25, -0.2) is 0 Å². The standard InChI is InChI=1S/C26H37N5O/c1-32-16-15-31(25-9-2-5-20-7-4-10-28-26(20)25)19-22-17-23-21(18-29-22)6-3-8-24(23)30-13-11-27-12-14-30/h3-4,6-8,10,22,25,27,29H,2,5,9,11-19H2,1H3/t22-,25+/m1/s1. The molecule has 2 aromatic rings. The van der Waals surface area contributed by atoms with Gasteiger partial charge >= 0.3 is 0 Å². The zero-order valence-electron chi connectivity index (χ0n) is 19.4. The van der Waals surface area contributed by atoms with Crippen molar-refractivity contribution >= 4 is 5.69 Å². The minimum absolute atomic E-state index is 0.390. The number of benzene rings is 1. The van der Waals surface area contributed by atoms with Crippen LogP contribution in [0.4, 0.5) is 5.69 Å². The Kier molecular flexibility index (Phi) is 7.03. The van der Waals surface area contributed by atoms with Gasteiger partial charge in [-0.2, -0.15) is 0 Å². The fraction of sp³-hybridized carbons (Fsp3) is 0.577. The van der Waals surface area contributed by atoms with Gasteiger partial charge in [0.25, 0.3) is 0 Å². The molecule has 2 atom stereocenters. The topological polar surface area (TPSA) is 52.7 Å². The van der Waals surface area contributed by atoms with Crippen LogP contribution in [0.15, 0.2) is 36.5 Å². The Morgan fingerprint density at radius 3 is 2.91 bits per heavy atom. The van der Waals surface area contributed by atoms with Gasteiger partial charge in [-0.3, -0.25) is 9.88 Å². The third-order valence-corrected chi connectivity index (χ3v) is 7.38. The molecule has 2 N–H and O–H groups in total. The smallest absolute Gasteiger partial charge is 0.0607 e. The lowest BCUT2D eigenvalue weighted by atomic mass is 9.89. The first kappa shape index (κ1) is 21.8. The lowest BCUT2D eigenvalue weighted by Gasteiger charge is -2.39. The number of rotatable bonds is 7.